The third-order valence-corrected chi connectivity index (χ3v) is 5.16. The Kier molecular flexibility index (Phi) is 7.07. The highest BCUT2D eigenvalue weighted by Gasteiger charge is 2.22. The molecule has 2 aromatic rings. The Morgan fingerprint density at radius 1 is 1.07 bits per heavy atom. The Balaban J connectivity index is 2.25. The number of nitrogens with one attached hydrogen (secondary N) is 1. The molecule has 0 atom stereocenters. The van der Waals surface area contributed by atoms with Crippen LogP contribution in [-0.4, -0.2) is 33.2 Å². The number of nitrogens with zero attached hydrogens (tertiary/aromatic N) is 1. The first-order valence-corrected chi connectivity index (χ1v) is 11.1. The summed E-state index contributed by atoms with van der Waals surface area (Å²) < 4.78 is 31.4. The fraction of sp³-hybridized carbons (Fsp3) is 0.381. The molecule has 0 unspecified atom stereocenters. The molecule has 0 heterocycles. The highest BCUT2D eigenvalue weighted by Crippen LogP contribution is 2.26. The number of amides is 1. The van der Waals surface area contributed by atoms with Gasteiger partial charge in [-0.25, -0.2) is 8.42 Å². The van der Waals surface area contributed by atoms with E-state index >= 15 is 0 Å². The van der Waals surface area contributed by atoms with Crippen LogP contribution >= 0.6 is 0 Å². The van der Waals surface area contributed by atoms with Gasteiger partial charge < -0.3 is 10.1 Å². The summed E-state index contributed by atoms with van der Waals surface area (Å²) in [7, 11) is -3.66. The lowest BCUT2D eigenvalue weighted by Gasteiger charge is -2.23. The van der Waals surface area contributed by atoms with Gasteiger partial charge in [0.25, 0.3) is 0 Å². The second-order valence-corrected chi connectivity index (χ2v) is 9.13. The average molecular weight is 405 g/mol. The number of hydrogen-bond acceptors (Lipinski definition) is 4. The lowest BCUT2D eigenvalue weighted by Crippen LogP contribution is -2.37. The average Bonchev–Trinajstić information content (AvgIpc) is 2.58. The van der Waals surface area contributed by atoms with Crippen molar-refractivity contribution in [3.63, 3.8) is 0 Å². The zero-order chi connectivity index (χ0) is 20.9. The quantitative estimate of drug-likeness (QED) is 0.721. The van der Waals surface area contributed by atoms with Crippen LogP contribution in [0.3, 0.4) is 0 Å². The smallest absolute Gasteiger partial charge is 0.245 e. The molecule has 0 fully saturated rings. The Bertz CT molecular complexity index is 924. The van der Waals surface area contributed by atoms with Gasteiger partial charge >= 0.3 is 0 Å². The molecular weight excluding hydrogens is 376 g/mol. The minimum Gasteiger partial charge on any atom is -0.491 e. The molecule has 1 N–H and O–H groups in total. The lowest BCUT2D eigenvalue weighted by molar-refractivity contribution is -0.114. The fourth-order valence-electron chi connectivity index (χ4n) is 2.82. The molecule has 0 saturated heterocycles. The molecule has 0 aliphatic heterocycles. The standard InChI is InChI=1S/C21H28N2O4S/c1-15(2)19-11-6-7-12-20(19)22-21(24)14-23(28(5,25)26)17-9-8-10-18(13-17)27-16(3)4/h6-13,15-16H,14H2,1-5H3,(H,22,24). The Morgan fingerprint density at radius 2 is 1.75 bits per heavy atom. The monoisotopic (exact) mass is 404 g/mol. The molecule has 0 spiro atoms. The summed E-state index contributed by atoms with van der Waals surface area (Å²) >= 11 is 0. The van der Waals surface area contributed by atoms with E-state index in [1.165, 1.54) is 0 Å². The van der Waals surface area contributed by atoms with Gasteiger partial charge in [-0.1, -0.05) is 38.1 Å². The first-order valence-electron chi connectivity index (χ1n) is 9.21. The van der Waals surface area contributed by atoms with Gasteiger partial charge in [-0.15, -0.1) is 0 Å². The predicted octanol–water partition coefficient (Wildman–Crippen LogP) is 4.00. The number of rotatable bonds is 8. The maximum absolute atomic E-state index is 12.6. The van der Waals surface area contributed by atoms with Crippen molar-refractivity contribution in [1.29, 1.82) is 0 Å². The zero-order valence-electron chi connectivity index (χ0n) is 17.0. The second kappa shape index (κ2) is 9.10. The summed E-state index contributed by atoms with van der Waals surface area (Å²) in [5.41, 5.74) is 2.06. The van der Waals surface area contributed by atoms with Crippen molar-refractivity contribution < 1.29 is 17.9 Å². The summed E-state index contributed by atoms with van der Waals surface area (Å²) in [4.78, 5) is 12.6. The van der Waals surface area contributed by atoms with Crippen LogP contribution in [0.5, 0.6) is 5.75 Å². The van der Waals surface area contributed by atoms with Gasteiger partial charge in [-0.3, -0.25) is 9.10 Å². The maximum atomic E-state index is 12.6. The molecule has 2 aromatic carbocycles. The summed E-state index contributed by atoms with van der Waals surface area (Å²) in [6.45, 7) is 7.53. The van der Waals surface area contributed by atoms with Crippen LogP contribution in [0.25, 0.3) is 0 Å². The molecule has 0 radical (unpaired) electrons. The van der Waals surface area contributed by atoms with Crippen molar-refractivity contribution in [2.45, 2.75) is 39.7 Å². The van der Waals surface area contributed by atoms with E-state index in [0.717, 1.165) is 16.1 Å². The number of anilines is 2. The predicted molar refractivity (Wildman–Crippen MR) is 114 cm³/mol. The van der Waals surface area contributed by atoms with Gasteiger partial charge in [0.1, 0.15) is 12.3 Å². The number of sulfonamides is 1. The molecule has 6 nitrogen and oxygen atoms in total. The number of carbonyl (C=O) groups is 1. The van der Waals surface area contributed by atoms with Crippen molar-refractivity contribution in [3.05, 3.63) is 54.1 Å². The number of benzene rings is 2. The first-order chi connectivity index (χ1) is 13.1. The van der Waals surface area contributed by atoms with E-state index in [-0.39, 0.29) is 18.6 Å². The number of para-hydroxylation sites is 1. The molecule has 0 saturated carbocycles. The first kappa shape index (κ1) is 21.8. The van der Waals surface area contributed by atoms with Crippen LogP contribution in [0.4, 0.5) is 11.4 Å². The SMILES string of the molecule is CC(C)Oc1cccc(N(CC(=O)Nc2ccccc2C(C)C)S(C)(=O)=O)c1. The molecule has 28 heavy (non-hydrogen) atoms. The fourth-order valence-corrected chi connectivity index (χ4v) is 3.67. The zero-order valence-corrected chi connectivity index (χ0v) is 17.8. The third kappa shape index (κ3) is 5.99. The van der Waals surface area contributed by atoms with Gasteiger partial charge in [0, 0.05) is 11.8 Å². The van der Waals surface area contributed by atoms with Crippen LogP contribution < -0.4 is 14.4 Å². The van der Waals surface area contributed by atoms with Crippen molar-refractivity contribution in [3.8, 4) is 5.75 Å². The van der Waals surface area contributed by atoms with Crippen molar-refractivity contribution in [2.75, 3.05) is 22.4 Å². The van der Waals surface area contributed by atoms with Gasteiger partial charge in [-0.2, -0.15) is 0 Å². The van der Waals surface area contributed by atoms with E-state index in [9.17, 15) is 13.2 Å². The number of hydrogen-bond donors (Lipinski definition) is 1. The topological polar surface area (TPSA) is 75.7 Å². The minimum absolute atomic E-state index is 0.0437. The van der Waals surface area contributed by atoms with Crippen molar-refractivity contribution in [2.24, 2.45) is 0 Å². The molecular formula is C21H28N2O4S. The molecule has 0 aromatic heterocycles. The van der Waals surface area contributed by atoms with Crippen LogP contribution in [0, 0.1) is 0 Å². The van der Waals surface area contributed by atoms with Gasteiger partial charge in [-0.05, 0) is 43.5 Å². The van der Waals surface area contributed by atoms with E-state index < -0.39 is 15.9 Å². The third-order valence-electron chi connectivity index (χ3n) is 4.02. The van der Waals surface area contributed by atoms with Gasteiger partial charge in [0.05, 0.1) is 18.0 Å². The van der Waals surface area contributed by atoms with Gasteiger partial charge in [0.15, 0.2) is 0 Å². The van der Waals surface area contributed by atoms with Crippen LogP contribution in [0.2, 0.25) is 0 Å². The Morgan fingerprint density at radius 3 is 2.36 bits per heavy atom. The van der Waals surface area contributed by atoms with E-state index in [1.807, 2.05) is 52.0 Å². The van der Waals surface area contributed by atoms with Crippen molar-refractivity contribution in [1.82, 2.24) is 0 Å². The van der Waals surface area contributed by atoms with Crippen LogP contribution in [0.15, 0.2) is 48.5 Å². The summed E-state index contributed by atoms with van der Waals surface area (Å²) in [5, 5.41) is 2.83. The van der Waals surface area contributed by atoms with Gasteiger partial charge in [0.2, 0.25) is 15.9 Å². The Hall–Kier alpha value is -2.54. The van der Waals surface area contributed by atoms with E-state index in [4.69, 9.17) is 4.74 Å². The second-order valence-electron chi connectivity index (χ2n) is 7.22. The van der Waals surface area contributed by atoms with E-state index in [2.05, 4.69) is 5.32 Å². The lowest BCUT2D eigenvalue weighted by atomic mass is 10.0. The molecule has 152 valence electrons. The molecule has 1 amide bonds. The molecule has 7 heteroatoms. The normalized spacial score (nSPS) is 11.5. The molecule has 0 aliphatic rings. The highest BCUT2D eigenvalue weighted by atomic mass is 32.2. The largest absolute Gasteiger partial charge is 0.491 e. The van der Waals surface area contributed by atoms with Crippen molar-refractivity contribution >= 4 is 27.3 Å². The number of ether oxygens (including phenoxy) is 1. The van der Waals surface area contributed by atoms with Crippen LogP contribution in [0.1, 0.15) is 39.2 Å². The summed E-state index contributed by atoms with van der Waals surface area (Å²) in [6, 6.07) is 14.2. The summed E-state index contributed by atoms with van der Waals surface area (Å²) in [5.74, 6) is 0.368. The molecule has 0 bridgehead atoms. The number of carbonyl (C=O) groups excluding carboxylic acids is 1. The van der Waals surface area contributed by atoms with E-state index in [0.29, 0.717) is 17.1 Å². The van der Waals surface area contributed by atoms with E-state index in [1.54, 1.807) is 24.3 Å². The molecule has 2 rings (SSSR count). The summed E-state index contributed by atoms with van der Waals surface area (Å²) in [6.07, 6.45) is 1.04. The Labute approximate surface area is 167 Å². The maximum Gasteiger partial charge on any atom is 0.245 e. The van der Waals surface area contributed by atoms with Crippen LogP contribution in [-0.2, 0) is 14.8 Å². The highest BCUT2D eigenvalue weighted by molar-refractivity contribution is 7.92. The molecule has 0 aliphatic carbocycles. The minimum atomic E-state index is -3.66.